The second-order valence-electron chi connectivity index (χ2n) is 12.3. The maximum Gasteiger partial charge on any atom is 0.412 e. The summed E-state index contributed by atoms with van der Waals surface area (Å²) in [6.45, 7) is 10.0. The molecule has 0 aliphatic carbocycles. The zero-order valence-corrected chi connectivity index (χ0v) is 26.0. The maximum absolute atomic E-state index is 11.8. The van der Waals surface area contributed by atoms with Gasteiger partial charge in [0.25, 0.3) is 0 Å². The number of nitrogens with zero attached hydrogens (tertiary/aromatic N) is 4. The highest BCUT2D eigenvalue weighted by molar-refractivity contribution is 5.85. The molecule has 0 spiro atoms. The smallest absolute Gasteiger partial charge is 0.412 e. The Balaban J connectivity index is 0.000000230. The lowest BCUT2D eigenvalue weighted by molar-refractivity contribution is 0.0636. The molecule has 222 valence electrons. The molecule has 40 heavy (non-hydrogen) atoms. The molecule has 0 unspecified atom stereocenters. The summed E-state index contributed by atoms with van der Waals surface area (Å²) < 4.78 is 5.26. The Morgan fingerprint density at radius 3 is 1.43 bits per heavy atom. The molecule has 8 heteroatoms. The Hall–Kier alpha value is -2.97. The fraction of sp³-hybridized carbons (Fsp3) is 0.594. The minimum Gasteiger partial charge on any atom is -0.444 e. The van der Waals surface area contributed by atoms with Crippen LogP contribution < -0.4 is 20.4 Å². The molecule has 2 saturated heterocycles. The van der Waals surface area contributed by atoms with E-state index >= 15 is 0 Å². The molecule has 2 aliphatic heterocycles. The van der Waals surface area contributed by atoms with Gasteiger partial charge in [-0.25, -0.2) is 4.79 Å². The first-order valence-corrected chi connectivity index (χ1v) is 14.7. The van der Waals surface area contributed by atoms with Crippen molar-refractivity contribution in [1.82, 2.24) is 9.80 Å². The predicted molar refractivity (Wildman–Crippen MR) is 170 cm³/mol. The van der Waals surface area contributed by atoms with Gasteiger partial charge in [0.1, 0.15) is 5.60 Å². The van der Waals surface area contributed by atoms with Crippen LogP contribution in [-0.2, 0) is 4.74 Å². The summed E-state index contributed by atoms with van der Waals surface area (Å²) in [4.78, 5) is 21.3. The van der Waals surface area contributed by atoms with Crippen molar-refractivity contribution < 1.29 is 9.53 Å². The third kappa shape index (κ3) is 9.89. The number of amides is 1. The summed E-state index contributed by atoms with van der Waals surface area (Å²) >= 11 is 0. The van der Waals surface area contributed by atoms with E-state index < -0.39 is 11.7 Å². The number of piperidine rings is 2. The number of benzene rings is 2. The molecule has 0 saturated carbocycles. The topological polar surface area (TPSA) is 63.3 Å². The summed E-state index contributed by atoms with van der Waals surface area (Å²) in [6, 6.07) is 18.1. The Morgan fingerprint density at radius 2 is 1.10 bits per heavy atom. The van der Waals surface area contributed by atoms with E-state index in [2.05, 4.69) is 94.8 Å². The molecule has 4 rings (SSSR count). The van der Waals surface area contributed by atoms with Gasteiger partial charge in [-0.15, -0.1) is 0 Å². The van der Waals surface area contributed by atoms with Gasteiger partial charge in [0.2, 0.25) is 0 Å². The third-order valence-corrected chi connectivity index (χ3v) is 7.79. The van der Waals surface area contributed by atoms with Crippen molar-refractivity contribution in [2.45, 2.75) is 64.1 Å². The standard InChI is InChI=1S/C18H29N3O2.C14H23N3/c1-18(2,3)23-17(22)19-14-6-8-16(9-7-14)21-12-10-15(11-13-21)20(4)5;1-15-12-4-6-14(7-5-12)17-10-8-13(9-11-17)16(2)3/h6-9,15H,10-13H2,1-5H3,(H,19,22);4-7,13,15H,8-11H2,1-3H3. The Labute approximate surface area is 242 Å². The van der Waals surface area contributed by atoms with Gasteiger partial charge in [0, 0.05) is 68.1 Å². The summed E-state index contributed by atoms with van der Waals surface area (Å²) in [7, 11) is 10.6. The van der Waals surface area contributed by atoms with E-state index in [-0.39, 0.29) is 0 Å². The zero-order chi connectivity index (χ0) is 29.3. The molecule has 1 amide bonds. The SMILES string of the molecule is CN(C)C1CCN(c2ccc(NC(=O)OC(C)(C)C)cc2)CC1.CNc1ccc(N2CCC(N(C)C)CC2)cc1. The number of carbonyl (C=O) groups is 1. The first kappa shape index (κ1) is 31.6. The molecule has 0 bridgehead atoms. The minimum absolute atomic E-state index is 0.419. The van der Waals surface area contributed by atoms with Crippen LogP contribution in [0, 0.1) is 0 Å². The Kier molecular flexibility index (Phi) is 11.5. The minimum atomic E-state index is -0.485. The van der Waals surface area contributed by atoms with Crippen LogP contribution in [0.2, 0.25) is 0 Å². The van der Waals surface area contributed by atoms with Gasteiger partial charge in [-0.1, -0.05) is 0 Å². The van der Waals surface area contributed by atoms with E-state index in [1.165, 1.54) is 55.8 Å². The second kappa shape index (κ2) is 14.6. The van der Waals surface area contributed by atoms with Crippen molar-refractivity contribution in [2.24, 2.45) is 0 Å². The van der Waals surface area contributed by atoms with Gasteiger partial charge >= 0.3 is 6.09 Å². The monoisotopic (exact) mass is 552 g/mol. The average Bonchev–Trinajstić information content (AvgIpc) is 2.93. The molecule has 8 nitrogen and oxygen atoms in total. The number of carbonyl (C=O) groups excluding carboxylic acids is 1. The van der Waals surface area contributed by atoms with E-state index in [0.717, 1.165) is 24.8 Å². The average molecular weight is 553 g/mol. The third-order valence-electron chi connectivity index (χ3n) is 7.79. The molecular formula is C32H52N6O2. The fourth-order valence-electron chi connectivity index (χ4n) is 5.30. The first-order valence-electron chi connectivity index (χ1n) is 14.7. The van der Waals surface area contributed by atoms with E-state index in [9.17, 15) is 4.79 Å². The van der Waals surface area contributed by atoms with Crippen molar-refractivity contribution in [3.63, 3.8) is 0 Å². The van der Waals surface area contributed by atoms with Crippen molar-refractivity contribution in [3.8, 4) is 0 Å². The summed E-state index contributed by atoms with van der Waals surface area (Å²) in [6.07, 6.45) is 4.48. The lowest BCUT2D eigenvalue weighted by atomic mass is 10.0. The van der Waals surface area contributed by atoms with Crippen molar-refractivity contribution >= 4 is 28.8 Å². The van der Waals surface area contributed by atoms with Crippen molar-refractivity contribution in [3.05, 3.63) is 48.5 Å². The van der Waals surface area contributed by atoms with Crippen LogP contribution in [0.3, 0.4) is 0 Å². The quantitative estimate of drug-likeness (QED) is 0.468. The number of hydrogen-bond donors (Lipinski definition) is 2. The number of rotatable bonds is 6. The van der Waals surface area contributed by atoms with Gasteiger partial charge in [-0.3, -0.25) is 5.32 Å². The summed E-state index contributed by atoms with van der Waals surface area (Å²) in [5.41, 5.74) is 4.00. The second-order valence-corrected chi connectivity index (χ2v) is 12.3. The van der Waals surface area contributed by atoms with Crippen molar-refractivity contribution in [2.75, 3.05) is 81.9 Å². The van der Waals surface area contributed by atoms with E-state index in [1.54, 1.807) is 0 Å². The van der Waals surface area contributed by atoms with Gasteiger partial charge in [-0.05, 0) is 123 Å². The summed E-state index contributed by atoms with van der Waals surface area (Å²) in [5, 5.41) is 5.92. The van der Waals surface area contributed by atoms with Crippen LogP contribution in [0.15, 0.2) is 48.5 Å². The normalized spacial score (nSPS) is 16.9. The summed E-state index contributed by atoms with van der Waals surface area (Å²) in [5.74, 6) is 0. The van der Waals surface area contributed by atoms with Crippen LogP contribution in [0.5, 0.6) is 0 Å². The predicted octanol–water partition coefficient (Wildman–Crippen LogP) is 5.82. The molecule has 2 aromatic rings. The lowest BCUT2D eigenvalue weighted by Gasteiger charge is -2.36. The highest BCUT2D eigenvalue weighted by atomic mass is 16.6. The van der Waals surface area contributed by atoms with E-state index in [0.29, 0.717) is 6.04 Å². The molecule has 0 atom stereocenters. The largest absolute Gasteiger partial charge is 0.444 e. The number of ether oxygens (including phenoxy) is 1. The molecule has 2 aromatic carbocycles. The van der Waals surface area contributed by atoms with Crippen LogP contribution in [0.1, 0.15) is 46.5 Å². The number of nitrogens with one attached hydrogen (secondary N) is 2. The van der Waals surface area contributed by atoms with Gasteiger partial charge < -0.3 is 29.7 Å². The Bertz CT molecular complexity index is 1020. The van der Waals surface area contributed by atoms with Crippen LogP contribution in [0.25, 0.3) is 0 Å². The zero-order valence-electron chi connectivity index (χ0n) is 26.0. The highest BCUT2D eigenvalue weighted by Crippen LogP contribution is 2.24. The van der Waals surface area contributed by atoms with Gasteiger partial charge in [0.05, 0.1) is 0 Å². The Morgan fingerprint density at radius 1 is 0.725 bits per heavy atom. The molecule has 2 fully saturated rings. The van der Waals surface area contributed by atoms with E-state index in [1.807, 2.05) is 40.0 Å². The van der Waals surface area contributed by atoms with E-state index in [4.69, 9.17) is 4.74 Å². The molecule has 2 N–H and O–H groups in total. The molecule has 0 aromatic heterocycles. The van der Waals surface area contributed by atoms with Gasteiger partial charge in [0.15, 0.2) is 0 Å². The van der Waals surface area contributed by atoms with Crippen LogP contribution >= 0.6 is 0 Å². The lowest BCUT2D eigenvalue weighted by Crippen LogP contribution is -2.41. The number of hydrogen-bond acceptors (Lipinski definition) is 7. The van der Waals surface area contributed by atoms with Crippen LogP contribution in [0.4, 0.5) is 27.5 Å². The van der Waals surface area contributed by atoms with Crippen molar-refractivity contribution in [1.29, 1.82) is 0 Å². The fourth-order valence-corrected chi connectivity index (χ4v) is 5.30. The maximum atomic E-state index is 11.8. The van der Waals surface area contributed by atoms with Gasteiger partial charge in [-0.2, -0.15) is 0 Å². The number of anilines is 4. The molecule has 2 heterocycles. The van der Waals surface area contributed by atoms with Crippen LogP contribution in [-0.4, -0.2) is 95.0 Å². The molecular weight excluding hydrogens is 500 g/mol. The molecule has 0 radical (unpaired) electrons. The highest BCUT2D eigenvalue weighted by Gasteiger charge is 2.22. The first-order chi connectivity index (χ1) is 18.9. The molecule has 2 aliphatic rings.